The van der Waals surface area contributed by atoms with Crippen molar-refractivity contribution in [1.29, 1.82) is 0 Å². The van der Waals surface area contributed by atoms with Crippen LogP contribution in [0.1, 0.15) is 5.56 Å². The summed E-state index contributed by atoms with van der Waals surface area (Å²) in [6, 6.07) is 4.01. The number of fused-ring (bicyclic) bond motifs is 1. The van der Waals surface area contributed by atoms with Crippen LogP contribution in [0.4, 0.5) is 10.3 Å². The lowest BCUT2D eigenvalue weighted by Gasteiger charge is -2.42. The summed E-state index contributed by atoms with van der Waals surface area (Å²) in [6.45, 7) is 1.48. The average molecular weight is 332 g/mol. The third-order valence-electron chi connectivity index (χ3n) is 4.52. The first-order valence-corrected chi connectivity index (χ1v) is 8.50. The number of rotatable bonds is 2. The van der Waals surface area contributed by atoms with E-state index in [1.165, 1.54) is 12.4 Å². The summed E-state index contributed by atoms with van der Waals surface area (Å²) in [7, 11) is 0. The summed E-state index contributed by atoms with van der Waals surface area (Å²) in [5.74, 6) is 1.42. The van der Waals surface area contributed by atoms with E-state index in [-0.39, 0.29) is 11.0 Å². The normalized spacial score (nSPS) is 30.3. The zero-order valence-electron chi connectivity index (χ0n) is 12.4. The van der Waals surface area contributed by atoms with E-state index >= 15 is 0 Å². The second-order valence-corrected chi connectivity index (χ2v) is 7.06. The van der Waals surface area contributed by atoms with Gasteiger partial charge >= 0.3 is 0 Å². The van der Waals surface area contributed by atoms with Crippen LogP contribution in [0.5, 0.6) is 0 Å². The zero-order valence-corrected chi connectivity index (χ0v) is 13.2. The van der Waals surface area contributed by atoms with Crippen molar-refractivity contribution >= 4 is 17.7 Å². The lowest BCUT2D eigenvalue weighted by Crippen LogP contribution is -2.59. The molecule has 3 unspecified atom stereocenters. The summed E-state index contributed by atoms with van der Waals surface area (Å²) in [5, 5.41) is 3.55. The van der Waals surface area contributed by atoms with Crippen molar-refractivity contribution in [3.8, 4) is 0 Å². The van der Waals surface area contributed by atoms with Gasteiger partial charge in [-0.1, -0.05) is 6.07 Å². The molecule has 4 rings (SSSR count). The highest BCUT2D eigenvalue weighted by molar-refractivity contribution is 7.99. The second kappa shape index (κ2) is 5.70. The van der Waals surface area contributed by atoms with E-state index < -0.39 is 5.82 Å². The fourth-order valence-electron chi connectivity index (χ4n) is 3.45. The molecule has 0 amide bonds. The Morgan fingerprint density at radius 3 is 2.91 bits per heavy atom. The van der Waals surface area contributed by atoms with Crippen LogP contribution >= 0.6 is 11.8 Å². The summed E-state index contributed by atoms with van der Waals surface area (Å²) in [5.41, 5.74) is 6.86. The van der Waals surface area contributed by atoms with Crippen molar-refractivity contribution in [2.24, 2.45) is 11.7 Å². The quantitative estimate of drug-likeness (QED) is 0.846. The molecule has 0 radical (unpaired) electrons. The molecule has 2 aliphatic heterocycles. The van der Waals surface area contributed by atoms with Crippen molar-refractivity contribution < 1.29 is 4.39 Å². The molecule has 6 nitrogen and oxygen atoms in total. The number of nitrogens with two attached hydrogens (primary N) is 1. The number of aromatic nitrogens is 3. The maximum atomic E-state index is 13.1. The van der Waals surface area contributed by atoms with Gasteiger partial charge in [0.15, 0.2) is 5.82 Å². The fraction of sp³-hybridized carbons (Fsp3) is 0.400. The predicted octanol–water partition coefficient (Wildman–Crippen LogP) is 0.921. The van der Waals surface area contributed by atoms with E-state index in [0.29, 0.717) is 18.4 Å². The summed E-state index contributed by atoms with van der Waals surface area (Å²) < 4.78 is 13.1. The smallest absolute Gasteiger partial charge is 0.225 e. The van der Waals surface area contributed by atoms with E-state index in [4.69, 9.17) is 5.73 Å². The van der Waals surface area contributed by atoms with Gasteiger partial charge in [0.2, 0.25) is 5.95 Å². The highest BCUT2D eigenvalue weighted by Gasteiger charge is 2.51. The van der Waals surface area contributed by atoms with Gasteiger partial charge in [0, 0.05) is 37.2 Å². The second-order valence-electron chi connectivity index (χ2n) is 5.89. The molecule has 0 bridgehead atoms. The van der Waals surface area contributed by atoms with Crippen molar-refractivity contribution in [2.45, 2.75) is 11.0 Å². The molecule has 2 fully saturated rings. The van der Waals surface area contributed by atoms with E-state index in [9.17, 15) is 4.39 Å². The maximum absolute atomic E-state index is 13.1. The lowest BCUT2D eigenvalue weighted by molar-refractivity contribution is 0.273. The van der Waals surface area contributed by atoms with Crippen LogP contribution in [0.2, 0.25) is 0 Å². The molecule has 2 saturated heterocycles. The summed E-state index contributed by atoms with van der Waals surface area (Å²) >= 11 is 1.71. The molecule has 8 heteroatoms. The van der Waals surface area contributed by atoms with Gasteiger partial charge < -0.3 is 10.6 Å². The van der Waals surface area contributed by atoms with Crippen LogP contribution in [-0.2, 0) is 5.54 Å². The van der Waals surface area contributed by atoms with Crippen molar-refractivity contribution in [2.75, 3.05) is 23.7 Å². The van der Waals surface area contributed by atoms with Gasteiger partial charge in [-0.2, -0.15) is 0 Å². The first-order chi connectivity index (χ1) is 11.2. The number of hydrogen-bond acceptors (Lipinski definition) is 7. The Hall–Kier alpha value is -1.77. The number of hydrogen-bond donors (Lipinski definition) is 2. The highest BCUT2D eigenvalue weighted by Crippen LogP contribution is 2.43. The van der Waals surface area contributed by atoms with Crippen LogP contribution in [0.25, 0.3) is 0 Å². The van der Waals surface area contributed by atoms with E-state index in [1.54, 1.807) is 18.0 Å². The molecule has 120 valence electrons. The number of nitrogens with zero attached hydrogens (tertiary/aromatic N) is 4. The molecule has 0 saturated carbocycles. The number of thioether (sulfide) groups is 1. The largest absolute Gasteiger partial charge is 0.338 e. The minimum atomic E-state index is -0.428. The van der Waals surface area contributed by atoms with Crippen LogP contribution in [0.15, 0.2) is 36.9 Å². The molecular formula is C15H17FN6S. The number of pyridine rings is 1. The van der Waals surface area contributed by atoms with Crippen molar-refractivity contribution in [3.63, 3.8) is 0 Å². The summed E-state index contributed by atoms with van der Waals surface area (Å²) in [4.78, 5) is 14.6. The van der Waals surface area contributed by atoms with E-state index in [0.717, 1.165) is 17.9 Å². The van der Waals surface area contributed by atoms with Gasteiger partial charge in [0.05, 0.1) is 17.9 Å². The Kier molecular flexibility index (Phi) is 3.67. The van der Waals surface area contributed by atoms with Crippen LogP contribution in [0, 0.1) is 11.7 Å². The van der Waals surface area contributed by atoms with Crippen molar-refractivity contribution in [3.05, 3.63) is 48.3 Å². The molecule has 0 aliphatic carbocycles. The SMILES string of the molecule is NC1NC2(c3cccnc3)CN(c3ncc(F)cn3)CC2CS1. The minimum Gasteiger partial charge on any atom is -0.338 e. The van der Waals surface area contributed by atoms with Gasteiger partial charge in [0.25, 0.3) is 0 Å². The van der Waals surface area contributed by atoms with Gasteiger partial charge in [-0.25, -0.2) is 14.4 Å². The molecular weight excluding hydrogens is 315 g/mol. The zero-order chi connectivity index (χ0) is 15.9. The molecule has 23 heavy (non-hydrogen) atoms. The van der Waals surface area contributed by atoms with E-state index in [1.807, 2.05) is 12.3 Å². The van der Waals surface area contributed by atoms with Gasteiger partial charge in [0.1, 0.15) is 5.50 Å². The molecule has 2 aromatic heterocycles. The summed E-state index contributed by atoms with van der Waals surface area (Å²) in [6.07, 6.45) is 6.06. The molecule has 4 heterocycles. The minimum absolute atomic E-state index is 0.124. The van der Waals surface area contributed by atoms with Gasteiger partial charge in [-0.15, -0.1) is 11.8 Å². The maximum Gasteiger partial charge on any atom is 0.225 e. The first-order valence-electron chi connectivity index (χ1n) is 7.45. The predicted molar refractivity (Wildman–Crippen MR) is 87.2 cm³/mol. The Balaban J connectivity index is 1.70. The Morgan fingerprint density at radius 1 is 1.35 bits per heavy atom. The van der Waals surface area contributed by atoms with Crippen LogP contribution in [0.3, 0.4) is 0 Å². The van der Waals surface area contributed by atoms with E-state index in [2.05, 4.69) is 31.2 Å². The highest BCUT2D eigenvalue weighted by atomic mass is 32.2. The van der Waals surface area contributed by atoms with Crippen LogP contribution in [-0.4, -0.2) is 39.3 Å². The van der Waals surface area contributed by atoms with Crippen molar-refractivity contribution in [1.82, 2.24) is 20.3 Å². The molecule has 3 N–H and O–H groups in total. The Bertz CT molecular complexity index is 684. The average Bonchev–Trinajstić information content (AvgIpc) is 2.96. The third-order valence-corrected chi connectivity index (χ3v) is 5.59. The lowest BCUT2D eigenvalue weighted by atomic mass is 9.82. The first kappa shape index (κ1) is 14.8. The fourth-order valence-corrected chi connectivity index (χ4v) is 4.57. The van der Waals surface area contributed by atoms with Crippen LogP contribution < -0.4 is 16.0 Å². The molecule has 2 aliphatic rings. The molecule has 2 aromatic rings. The monoisotopic (exact) mass is 332 g/mol. The number of nitrogens with one attached hydrogen (secondary N) is 1. The number of halogens is 1. The Morgan fingerprint density at radius 2 is 2.17 bits per heavy atom. The number of anilines is 1. The Labute approximate surface area is 137 Å². The molecule has 0 aromatic carbocycles. The molecule has 3 atom stereocenters. The topological polar surface area (TPSA) is 80.0 Å². The van der Waals surface area contributed by atoms with Gasteiger partial charge in [-0.05, 0) is 11.6 Å². The standard InChI is InChI=1S/C15H17FN6S/c16-12-5-19-14(20-6-12)22-7-11-8-23-13(17)21-15(11,9-22)10-2-1-3-18-4-10/h1-6,11,13,21H,7-9,17H2. The third kappa shape index (κ3) is 2.56. The molecule has 0 spiro atoms. The van der Waals surface area contributed by atoms with Gasteiger partial charge in [-0.3, -0.25) is 10.3 Å².